The highest BCUT2D eigenvalue weighted by atomic mass is 32.2. The highest BCUT2D eigenvalue weighted by Crippen LogP contribution is 2.23. The van der Waals surface area contributed by atoms with Crippen LogP contribution < -0.4 is 0 Å². The van der Waals surface area contributed by atoms with Gasteiger partial charge in [-0.2, -0.15) is 0 Å². The van der Waals surface area contributed by atoms with Crippen molar-refractivity contribution in [3.63, 3.8) is 0 Å². The van der Waals surface area contributed by atoms with Crippen LogP contribution in [0.4, 0.5) is 0 Å². The number of rotatable bonds is 6. The Bertz CT molecular complexity index is 301. The van der Waals surface area contributed by atoms with E-state index in [-0.39, 0.29) is 13.0 Å². The van der Waals surface area contributed by atoms with Gasteiger partial charge in [0.25, 0.3) is 0 Å². The first-order valence-corrected chi connectivity index (χ1v) is 5.98. The monoisotopic (exact) mass is 233 g/mol. The Morgan fingerprint density at radius 2 is 2.43 bits per heavy atom. The Morgan fingerprint density at radius 1 is 1.64 bits per heavy atom. The van der Waals surface area contributed by atoms with E-state index in [1.807, 2.05) is 0 Å². The summed E-state index contributed by atoms with van der Waals surface area (Å²) in [5, 5.41) is 18.8. The van der Waals surface area contributed by atoms with E-state index in [4.69, 9.17) is 10.2 Å². The molecule has 0 saturated heterocycles. The summed E-state index contributed by atoms with van der Waals surface area (Å²) in [4.78, 5) is 14.5. The molecule has 1 rings (SSSR count). The van der Waals surface area contributed by atoms with Gasteiger partial charge in [0.15, 0.2) is 0 Å². The van der Waals surface area contributed by atoms with Crippen LogP contribution in [-0.2, 0) is 11.2 Å². The summed E-state index contributed by atoms with van der Waals surface area (Å²) in [5.74, 6) is -0.0431. The molecular formula is C8H11NO3S2. The van der Waals surface area contributed by atoms with Gasteiger partial charge in [-0.3, -0.25) is 4.79 Å². The minimum atomic E-state index is -0.859. The van der Waals surface area contributed by atoms with Gasteiger partial charge in [-0.15, -0.1) is 11.3 Å². The van der Waals surface area contributed by atoms with Crippen molar-refractivity contribution in [1.82, 2.24) is 4.98 Å². The van der Waals surface area contributed by atoms with Gasteiger partial charge in [0.2, 0.25) is 0 Å². The second-order valence-corrected chi connectivity index (χ2v) is 4.80. The third-order valence-electron chi connectivity index (χ3n) is 1.39. The molecule has 0 spiro atoms. The first-order valence-electron chi connectivity index (χ1n) is 4.12. The van der Waals surface area contributed by atoms with E-state index in [0.717, 1.165) is 16.5 Å². The van der Waals surface area contributed by atoms with Crippen molar-refractivity contribution in [2.45, 2.75) is 17.2 Å². The molecular weight excluding hydrogens is 222 g/mol. The average Bonchev–Trinajstić information content (AvgIpc) is 2.52. The number of aliphatic carboxylic acids is 1. The van der Waals surface area contributed by atoms with Crippen molar-refractivity contribution in [2.24, 2.45) is 0 Å². The molecule has 14 heavy (non-hydrogen) atoms. The Balaban J connectivity index is 2.38. The van der Waals surface area contributed by atoms with Gasteiger partial charge in [-0.05, 0) is 6.42 Å². The largest absolute Gasteiger partial charge is 0.481 e. The van der Waals surface area contributed by atoms with Crippen LogP contribution >= 0.6 is 23.1 Å². The summed E-state index contributed by atoms with van der Waals surface area (Å²) < 4.78 is 0.870. The second kappa shape index (κ2) is 6.00. The van der Waals surface area contributed by atoms with Crippen LogP contribution in [0, 0.1) is 0 Å². The van der Waals surface area contributed by atoms with Gasteiger partial charge in [-0.25, -0.2) is 4.98 Å². The van der Waals surface area contributed by atoms with Crippen LogP contribution in [0.5, 0.6) is 0 Å². The number of carboxylic acids is 1. The molecule has 0 amide bonds. The summed E-state index contributed by atoms with van der Waals surface area (Å²) in [5.41, 5.74) is 0.606. The van der Waals surface area contributed by atoms with Crippen molar-refractivity contribution in [3.05, 3.63) is 11.1 Å². The number of carbonyl (C=O) groups is 1. The molecule has 0 fully saturated rings. The molecule has 2 N–H and O–H groups in total. The minimum Gasteiger partial charge on any atom is -0.481 e. The third-order valence-corrected chi connectivity index (χ3v) is 3.55. The predicted molar refractivity (Wildman–Crippen MR) is 55.9 cm³/mol. The normalized spacial score (nSPS) is 10.4. The molecule has 1 aromatic heterocycles. The first kappa shape index (κ1) is 11.5. The minimum absolute atomic E-state index is 0.0168. The number of aliphatic hydroxyl groups is 1. The van der Waals surface area contributed by atoms with Gasteiger partial charge >= 0.3 is 5.97 Å². The number of aromatic nitrogens is 1. The van der Waals surface area contributed by atoms with E-state index in [9.17, 15) is 4.79 Å². The molecule has 0 aliphatic heterocycles. The summed E-state index contributed by atoms with van der Waals surface area (Å²) in [6.45, 7) is 0.181. The van der Waals surface area contributed by atoms with E-state index in [0.29, 0.717) is 5.69 Å². The summed E-state index contributed by atoms with van der Waals surface area (Å²) in [7, 11) is 0. The molecule has 6 heteroatoms. The lowest BCUT2D eigenvalue weighted by Gasteiger charge is -1.93. The Labute approximate surface area is 90.0 Å². The maximum Gasteiger partial charge on any atom is 0.309 e. The molecule has 78 valence electrons. The molecule has 0 atom stereocenters. The van der Waals surface area contributed by atoms with Crippen LogP contribution in [0.2, 0.25) is 0 Å². The fourth-order valence-corrected chi connectivity index (χ4v) is 2.65. The standard InChI is InChI=1S/C8H11NO3S2/c10-2-1-3-13-8-9-6(5-14-8)4-7(11)12/h5,10H,1-4H2,(H,11,12). The highest BCUT2D eigenvalue weighted by Gasteiger charge is 2.05. The number of carboxylic acid groups (broad SMARTS) is 1. The number of hydrogen-bond acceptors (Lipinski definition) is 5. The average molecular weight is 233 g/mol. The maximum atomic E-state index is 10.4. The van der Waals surface area contributed by atoms with Crippen molar-refractivity contribution < 1.29 is 15.0 Å². The van der Waals surface area contributed by atoms with Gasteiger partial charge in [0, 0.05) is 17.7 Å². The SMILES string of the molecule is O=C(O)Cc1csc(SCCCO)n1. The van der Waals surface area contributed by atoms with Crippen LogP contribution in [-0.4, -0.2) is 33.5 Å². The van der Waals surface area contributed by atoms with Crippen LogP contribution in [0.1, 0.15) is 12.1 Å². The summed E-state index contributed by atoms with van der Waals surface area (Å²) in [6, 6.07) is 0. The molecule has 4 nitrogen and oxygen atoms in total. The maximum absolute atomic E-state index is 10.4. The molecule has 0 aromatic carbocycles. The van der Waals surface area contributed by atoms with E-state index >= 15 is 0 Å². The van der Waals surface area contributed by atoms with E-state index in [2.05, 4.69) is 4.98 Å². The molecule has 0 saturated carbocycles. The van der Waals surface area contributed by atoms with Crippen molar-refractivity contribution >= 4 is 29.1 Å². The Morgan fingerprint density at radius 3 is 3.07 bits per heavy atom. The zero-order valence-electron chi connectivity index (χ0n) is 7.47. The summed E-state index contributed by atoms with van der Waals surface area (Å²) >= 11 is 3.00. The lowest BCUT2D eigenvalue weighted by molar-refractivity contribution is -0.136. The number of thiazole rings is 1. The van der Waals surface area contributed by atoms with Crippen LogP contribution in [0.15, 0.2) is 9.72 Å². The molecule has 0 unspecified atom stereocenters. The zero-order valence-corrected chi connectivity index (χ0v) is 9.11. The first-order chi connectivity index (χ1) is 6.72. The molecule has 0 bridgehead atoms. The number of nitrogens with zero attached hydrogens (tertiary/aromatic N) is 1. The molecule has 1 aromatic rings. The van der Waals surface area contributed by atoms with Gasteiger partial charge < -0.3 is 10.2 Å². The number of thioether (sulfide) groups is 1. The lowest BCUT2D eigenvalue weighted by Crippen LogP contribution is -1.99. The smallest absolute Gasteiger partial charge is 0.309 e. The van der Waals surface area contributed by atoms with Gasteiger partial charge in [0.1, 0.15) is 4.34 Å². The number of hydrogen-bond donors (Lipinski definition) is 2. The van der Waals surface area contributed by atoms with E-state index < -0.39 is 5.97 Å². The molecule has 0 radical (unpaired) electrons. The highest BCUT2D eigenvalue weighted by molar-refractivity contribution is 8.00. The van der Waals surface area contributed by atoms with Crippen LogP contribution in [0.3, 0.4) is 0 Å². The molecule has 0 aliphatic carbocycles. The summed E-state index contributed by atoms with van der Waals surface area (Å²) in [6.07, 6.45) is 0.718. The van der Waals surface area contributed by atoms with Crippen molar-refractivity contribution in [3.8, 4) is 0 Å². The molecule has 0 aliphatic rings. The fraction of sp³-hybridized carbons (Fsp3) is 0.500. The van der Waals surface area contributed by atoms with Gasteiger partial charge in [0.05, 0.1) is 12.1 Å². The Hall–Kier alpha value is -0.590. The fourth-order valence-electron chi connectivity index (χ4n) is 0.815. The molecule has 1 heterocycles. The predicted octanol–water partition coefficient (Wildman–Crippen LogP) is 1.24. The number of aliphatic hydroxyl groups excluding tert-OH is 1. The topological polar surface area (TPSA) is 70.4 Å². The van der Waals surface area contributed by atoms with Gasteiger partial charge in [-0.1, -0.05) is 11.8 Å². The lowest BCUT2D eigenvalue weighted by atomic mass is 10.3. The third kappa shape index (κ3) is 4.08. The van der Waals surface area contributed by atoms with E-state index in [1.165, 1.54) is 11.3 Å². The van der Waals surface area contributed by atoms with Crippen molar-refractivity contribution in [1.29, 1.82) is 0 Å². The zero-order chi connectivity index (χ0) is 10.4. The second-order valence-electron chi connectivity index (χ2n) is 2.60. The Kier molecular flexibility index (Phi) is 4.92. The van der Waals surface area contributed by atoms with E-state index in [1.54, 1.807) is 17.1 Å². The quantitative estimate of drug-likeness (QED) is 0.571. The van der Waals surface area contributed by atoms with Crippen LogP contribution in [0.25, 0.3) is 0 Å². The van der Waals surface area contributed by atoms with Crippen molar-refractivity contribution in [2.75, 3.05) is 12.4 Å².